The minimum Gasteiger partial charge on any atom is -0.394 e. The Morgan fingerprint density at radius 1 is 0.974 bits per heavy atom. The van der Waals surface area contributed by atoms with Crippen molar-refractivity contribution in [1.29, 1.82) is 0 Å². The van der Waals surface area contributed by atoms with Crippen LogP contribution in [0.25, 0.3) is 0 Å². The van der Waals surface area contributed by atoms with Crippen molar-refractivity contribution in [1.82, 2.24) is 20.2 Å². The number of hydrogen-bond acceptors (Lipinski definition) is 6. The molecule has 0 bridgehead atoms. The number of allylic oxidation sites excluding steroid dienone is 2. The highest BCUT2D eigenvalue weighted by molar-refractivity contribution is 5.96. The Hall–Kier alpha value is -1.89. The zero-order chi connectivity index (χ0) is 28.2. The van der Waals surface area contributed by atoms with Crippen LogP contribution in [0.5, 0.6) is 0 Å². The number of carbonyl (C=O) groups is 2. The Kier molecular flexibility index (Phi) is 5.83. The fraction of sp³-hybridized carbons (Fsp3) is 0.844. The molecule has 1 N–H and O–H groups in total. The fourth-order valence-corrected chi connectivity index (χ4v) is 10.8. The summed E-state index contributed by atoms with van der Waals surface area (Å²) in [7, 11) is 0. The number of rotatable bonds is 3. The number of hydrogen-bond donors (Lipinski definition) is 1. The minimum absolute atomic E-state index is 0.0213. The molecule has 7 heteroatoms. The summed E-state index contributed by atoms with van der Waals surface area (Å²) >= 11 is 0. The molecule has 0 aliphatic heterocycles. The number of carbonyl (C=O) groups excluding carboxylic acids is 2. The van der Waals surface area contributed by atoms with Gasteiger partial charge in [-0.1, -0.05) is 54.0 Å². The molecule has 39 heavy (non-hydrogen) atoms. The maximum absolute atomic E-state index is 14.6. The second kappa shape index (κ2) is 8.33. The maximum atomic E-state index is 14.6. The quantitative estimate of drug-likeness (QED) is 0.550. The van der Waals surface area contributed by atoms with Crippen molar-refractivity contribution >= 4 is 11.6 Å². The van der Waals surface area contributed by atoms with Crippen LogP contribution in [0.2, 0.25) is 0 Å². The molecular formula is C32H48N4O3. The molecule has 6 rings (SSSR count). The van der Waals surface area contributed by atoms with Crippen LogP contribution in [0, 0.1) is 44.8 Å². The Labute approximate surface area is 233 Å². The normalized spacial score (nSPS) is 44.5. The van der Waals surface area contributed by atoms with E-state index in [4.69, 9.17) is 5.10 Å². The molecular weight excluding hydrogens is 488 g/mol. The average molecular weight is 537 g/mol. The summed E-state index contributed by atoms with van der Waals surface area (Å²) < 4.78 is 0. The number of nitrogens with zero attached hydrogens (tertiary/aromatic N) is 4. The Balaban J connectivity index is 1.48. The van der Waals surface area contributed by atoms with Gasteiger partial charge in [0.1, 0.15) is 5.78 Å². The number of aliphatic hydroxyl groups is 1. The number of aliphatic hydroxyl groups excluding tert-OH is 1. The summed E-state index contributed by atoms with van der Waals surface area (Å²) in [6.07, 6.45) is 10.6. The summed E-state index contributed by atoms with van der Waals surface area (Å²) in [6.45, 7) is 16.6. The van der Waals surface area contributed by atoms with Crippen molar-refractivity contribution in [3.05, 3.63) is 17.5 Å². The SMILES string of the molecule is CC1(C)CC[C@]2(c3nnn(CCO)n3)CC[C@]3(C)[C@H](C(=O)C=C4[C@@]5(C)CCC(=O)C(C)(C)[C@@H]5CC[C@]43C)[C@@H]2C1. The Morgan fingerprint density at radius 3 is 2.41 bits per heavy atom. The van der Waals surface area contributed by atoms with E-state index in [1.807, 2.05) is 0 Å². The van der Waals surface area contributed by atoms with Crippen LogP contribution in [0.3, 0.4) is 0 Å². The zero-order valence-corrected chi connectivity index (χ0v) is 25.1. The van der Waals surface area contributed by atoms with E-state index in [9.17, 15) is 14.7 Å². The summed E-state index contributed by atoms with van der Waals surface area (Å²) in [5, 5.41) is 23.1. The van der Waals surface area contributed by atoms with Crippen molar-refractivity contribution in [3.63, 3.8) is 0 Å². The third-order valence-corrected chi connectivity index (χ3v) is 13.3. The molecule has 0 aromatic carbocycles. The van der Waals surface area contributed by atoms with Gasteiger partial charge in [0.05, 0.1) is 13.2 Å². The van der Waals surface area contributed by atoms with Crippen LogP contribution in [0.4, 0.5) is 0 Å². The monoisotopic (exact) mass is 536 g/mol. The predicted octanol–water partition coefficient (Wildman–Crippen LogP) is 5.47. The van der Waals surface area contributed by atoms with Crippen LogP contribution >= 0.6 is 0 Å². The molecule has 5 aliphatic carbocycles. The van der Waals surface area contributed by atoms with Gasteiger partial charge in [-0.2, -0.15) is 4.80 Å². The molecule has 7 nitrogen and oxygen atoms in total. The molecule has 4 saturated carbocycles. The molecule has 1 aromatic heterocycles. The molecule has 0 radical (unpaired) electrons. The van der Waals surface area contributed by atoms with Gasteiger partial charge in [0, 0.05) is 23.2 Å². The topological polar surface area (TPSA) is 98.0 Å². The van der Waals surface area contributed by atoms with Crippen molar-refractivity contribution in [3.8, 4) is 0 Å². The van der Waals surface area contributed by atoms with Crippen LogP contribution < -0.4 is 0 Å². The minimum atomic E-state index is -0.350. The van der Waals surface area contributed by atoms with E-state index in [0.717, 1.165) is 57.2 Å². The summed E-state index contributed by atoms with van der Waals surface area (Å²) in [6, 6.07) is 0. The molecule has 0 amide bonds. The number of aromatic nitrogens is 4. The molecule has 0 unspecified atom stereocenters. The van der Waals surface area contributed by atoms with Gasteiger partial charge in [0.2, 0.25) is 0 Å². The van der Waals surface area contributed by atoms with Gasteiger partial charge in [0.15, 0.2) is 11.6 Å². The third kappa shape index (κ3) is 3.47. The first-order chi connectivity index (χ1) is 18.1. The number of Topliss-reactive ketones (excluding diaryl/α,β-unsaturated/α-hetero) is 1. The molecule has 5 aliphatic rings. The van der Waals surface area contributed by atoms with Crippen molar-refractivity contribution in [2.24, 2.45) is 44.8 Å². The van der Waals surface area contributed by atoms with E-state index >= 15 is 0 Å². The highest BCUT2D eigenvalue weighted by Crippen LogP contribution is 2.74. The van der Waals surface area contributed by atoms with Crippen molar-refractivity contribution in [2.75, 3.05) is 6.61 Å². The number of fused-ring (bicyclic) bond motifs is 7. The van der Waals surface area contributed by atoms with E-state index in [-0.39, 0.29) is 62.6 Å². The first-order valence-corrected chi connectivity index (χ1v) is 15.3. The third-order valence-electron chi connectivity index (χ3n) is 13.3. The fourth-order valence-electron chi connectivity index (χ4n) is 10.8. The van der Waals surface area contributed by atoms with Crippen LogP contribution in [-0.4, -0.2) is 43.5 Å². The molecule has 214 valence electrons. The van der Waals surface area contributed by atoms with E-state index in [1.165, 1.54) is 10.4 Å². The molecule has 7 atom stereocenters. The van der Waals surface area contributed by atoms with E-state index in [1.54, 1.807) is 0 Å². The lowest BCUT2D eigenvalue weighted by atomic mass is 9.34. The summed E-state index contributed by atoms with van der Waals surface area (Å²) in [5.74, 6) is 1.80. The van der Waals surface area contributed by atoms with Gasteiger partial charge >= 0.3 is 0 Å². The lowest BCUT2D eigenvalue weighted by molar-refractivity contribution is -0.165. The van der Waals surface area contributed by atoms with Gasteiger partial charge in [-0.3, -0.25) is 9.59 Å². The highest BCUT2D eigenvalue weighted by Gasteiger charge is 2.70. The molecule has 0 saturated heterocycles. The molecule has 4 fully saturated rings. The molecule has 0 spiro atoms. The molecule has 1 heterocycles. The average Bonchev–Trinajstić information content (AvgIpc) is 3.32. The predicted molar refractivity (Wildman–Crippen MR) is 149 cm³/mol. The highest BCUT2D eigenvalue weighted by atomic mass is 16.3. The number of tetrazole rings is 1. The standard InChI is InChI=1S/C32H48N4O3/c1-27(2)12-14-32(26-33-35-36(34-26)16-17-37)15-13-31(7)25(20(32)19-27)21(38)18-23-29(5)10-9-24(39)28(3,4)22(29)8-11-30(23,31)6/h18,20,22,25,37H,8-17,19H2,1-7H3/t20-,22-,25-,29-,30+,31+,32-/m0/s1. The van der Waals surface area contributed by atoms with Crippen molar-refractivity contribution in [2.45, 2.75) is 118 Å². The molecule has 1 aromatic rings. The van der Waals surface area contributed by atoms with Gasteiger partial charge in [-0.25, -0.2) is 0 Å². The second-order valence-electron chi connectivity index (χ2n) is 15.9. The zero-order valence-electron chi connectivity index (χ0n) is 25.1. The summed E-state index contributed by atoms with van der Waals surface area (Å²) in [4.78, 5) is 29.1. The Morgan fingerprint density at radius 2 is 1.69 bits per heavy atom. The van der Waals surface area contributed by atoms with Gasteiger partial charge in [-0.05, 0) is 96.2 Å². The lowest BCUT2D eigenvalue weighted by Crippen LogP contribution is -2.66. The van der Waals surface area contributed by atoms with Crippen LogP contribution in [0.1, 0.15) is 112 Å². The summed E-state index contributed by atoms with van der Waals surface area (Å²) in [5.41, 5.74) is 0.519. The van der Waals surface area contributed by atoms with Crippen LogP contribution in [-0.2, 0) is 21.5 Å². The first-order valence-electron chi connectivity index (χ1n) is 15.3. The largest absolute Gasteiger partial charge is 0.394 e. The Bertz CT molecular complexity index is 1250. The first kappa shape index (κ1) is 27.3. The number of ketones is 2. The van der Waals surface area contributed by atoms with Crippen LogP contribution in [0.15, 0.2) is 11.6 Å². The maximum Gasteiger partial charge on any atom is 0.181 e. The second-order valence-corrected chi connectivity index (χ2v) is 15.9. The van der Waals surface area contributed by atoms with Crippen molar-refractivity contribution < 1.29 is 14.7 Å². The van der Waals surface area contributed by atoms with Gasteiger partial charge in [-0.15, -0.1) is 10.2 Å². The van der Waals surface area contributed by atoms with E-state index < -0.39 is 0 Å². The lowest BCUT2D eigenvalue weighted by Gasteiger charge is -2.69. The van der Waals surface area contributed by atoms with Gasteiger partial charge in [0.25, 0.3) is 0 Å². The smallest absolute Gasteiger partial charge is 0.181 e. The van der Waals surface area contributed by atoms with E-state index in [0.29, 0.717) is 18.7 Å². The van der Waals surface area contributed by atoms with Gasteiger partial charge < -0.3 is 5.11 Å². The van der Waals surface area contributed by atoms with E-state index in [2.05, 4.69) is 64.9 Å².